The van der Waals surface area contributed by atoms with Crippen LogP contribution >= 0.6 is 37.9 Å². The van der Waals surface area contributed by atoms with Crippen LogP contribution in [0.2, 0.25) is 0 Å². The summed E-state index contributed by atoms with van der Waals surface area (Å²) in [7, 11) is 0. The molecule has 0 aromatic carbocycles. The fraction of sp³-hybridized carbons (Fsp3) is 0.824. The second-order valence-corrected chi connectivity index (χ2v) is 9.05. The van der Waals surface area contributed by atoms with Gasteiger partial charge < -0.3 is 50.1 Å². The fourth-order valence-corrected chi connectivity index (χ4v) is 1.47. The molecule has 3 atom stereocenters. The number of hydrogen-bond donors (Lipinski definition) is 7. The molecule has 0 rings (SSSR count). The molecule has 0 saturated heterocycles. The standard InChI is InChI=1S/C5H12O4.3C4H8O2S.La/c6-1-5(2-7,3-8)4-9;3*1-3(7)2-4(5)6;/h6-9H,1-4H2;3*3,7H,2H2,1H3,(H,5,6);/q;;;;+3/p-3. The van der Waals surface area contributed by atoms with Gasteiger partial charge in [-0.15, -0.1) is 0 Å². The number of hydrogen-bond acceptors (Lipinski definition) is 13. The van der Waals surface area contributed by atoms with Crippen molar-refractivity contribution in [1.29, 1.82) is 0 Å². The van der Waals surface area contributed by atoms with E-state index in [0.717, 1.165) is 0 Å². The van der Waals surface area contributed by atoms with Gasteiger partial charge in [0.15, 0.2) is 0 Å². The molecule has 31 heavy (non-hydrogen) atoms. The normalized spacial score (nSPS) is 12.6. The van der Waals surface area contributed by atoms with E-state index in [9.17, 15) is 29.7 Å². The summed E-state index contributed by atoms with van der Waals surface area (Å²) in [5.41, 5.74) is -1.11. The van der Waals surface area contributed by atoms with Gasteiger partial charge in [0.25, 0.3) is 0 Å². The van der Waals surface area contributed by atoms with Gasteiger partial charge in [0.2, 0.25) is 0 Å². The van der Waals surface area contributed by atoms with Crippen molar-refractivity contribution in [2.75, 3.05) is 26.4 Å². The number of rotatable bonds is 10. The molecule has 0 aliphatic carbocycles. The quantitative estimate of drug-likeness (QED) is 0.118. The zero-order chi connectivity index (χ0) is 24.9. The Morgan fingerprint density at radius 3 is 0.806 bits per heavy atom. The Morgan fingerprint density at radius 2 is 0.806 bits per heavy atom. The average Bonchev–Trinajstić information content (AvgIpc) is 2.55. The van der Waals surface area contributed by atoms with Crippen LogP contribution in [0.1, 0.15) is 40.0 Å². The van der Waals surface area contributed by atoms with Gasteiger partial charge in [-0.25, -0.2) is 0 Å². The Labute approximate surface area is 227 Å². The molecule has 0 aliphatic heterocycles. The average molecular weight is 633 g/mol. The Hall–Kier alpha value is 0.495. The molecule has 0 aromatic heterocycles. The molecule has 0 bridgehead atoms. The van der Waals surface area contributed by atoms with Crippen LogP contribution in [0, 0.1) is 41.0 Å². The number of carboxylic acids is 3. The molecule has 0 fully saturated rings. The zero-order valence-corrected chi connectivity index (χ0v) is 24.1. The van der Waals surface area contributed by atoms with Crippen LogP contribution in [0.15, 0.2) is 0 Å². The van der Waals surface area contributed by atoms with E-state index in [1.165, 1.54) is 0 Å². The number of carbonyl (C=O) groups excluding carboxylic acids is 3. The summed E-state index contributed by atoms with van der Waals surface area (Å²) in [4.78, 5) is 28.9. The summed E-state index contributed by atoms with van der Waals surface area (Å²) in [6.07, 6.45) is 0.0926. The second kappa shape index (κ2) is 26.7. The monoisotopic (exact) mass is 632 g/mol. The zero-order valence-electron chi connectivity index (χ0n) is 17.8. The van der Waals surface area contributed by atoms with Gasteiger partial charge in [0, 0.05) is 33.7 Å². The maximum absolute atomic E-state index is 9.65. The SMILES string of the molecule is CC(S)CC(=O)[O-].CC(S)CC(=O)[O-].CC(S)CC(=O)[O-].OCC(CO)(CO)CO.[La+3]. The molecular formula is C17H33LaO10S3. The van der Waals surface area contributed by atoms with E-state index in [-0.39, 0.29) is 70.6 Å². The van der Waals surface area contributed by atoms with E-state index in [2.05, 4.69) is 37.9 Å². The van der Waals surface area contributed by atoms with E-state index in [1.54, 1.807) is 20.8 Å². The molecule has 3 unspecified atom stereocenters. The first-order valence-corrected chi connectivity index (χ1v) is 10.2. The van der Waals surface area contributed by atoms with Gasteiger partial charge in [0.1, 0.15) is 0 Å². The van der Waals surface area contributed by atoms with E-state index in [4.69, 9.17) is 20.4 Å². The molecule has 14 heteroatoms. The largest absolute Gasteiger partial charge is 3.00 e. The third-order valence-corrected chi connectivity index (χ3v) is 3.28. The minimum atomic E-state index is -1.11. The van der Waals surface area contributed by atoms with E-state index >= 15 is 0 Å². The van der Waals surface area contributed by atoms with Crippen LogP contribution < -0.4 is 15.3 Å². The molecule has 0 aliphatic rings. The minimum absolute atomic E-state index is 0. The van der Waals surface area contributed by atoms with E-state index < -0.39 is 49.8 Å². The van der Waals surface area contributed by atoms with Crippen LogP contribution in [-0.4, -0.2) is 80.5 Å². The van der Waals surface area contributed by atoms with Crippen molar-refractivity contribution >= 4 is 55.8 Å². The Bertz CT molecular complexity index is 383. The fourth-order valence-electron chi connectivity index (χ4n) is 1.02. The van der Waals surface area contributed by atoms with Gasteiger partial charge in [-0.3, -0.25) is 0 Å². The van der Waals surface area contributed by atoms with E-state index in [0.29, 0.717) is 0 Å². The number of aliphatic carboxylic acids is 3. The van der Waals surface area contributed by atoms with Crippen molar-refractivity contribution in [3.05, 3.63) is 0 Å². The maximum Gasteiger partial charge on any atom is 3.00 e. The van der Waals surface area contributed by atoms with Crippen LogP contribution in [0.4, 0.5) is 0 Å². The summed E-state index contributed by atoms with van der Waals surface area (Å²) in [6, 6.07) is 0. The van der Waals surface area contributed by atoms with Crippen molar-refractivity contribution < 1.29 is 85.7 Å². The second-order valence-electron chi connectivity index (χ2n) is 6.41. The van der Waals surface area contributed by atoms with Crippen LogP contribution in [0.3, 0.4) is 0 Å². The van der Waals surface area contributed by atoms with Crippen molar-refractivity contribution in [3.63, 3.8) is 0 Å². The molecule has 0 heterocycles. The molecule has 0 saturated carbocycles. The molecule has 10 nitrogen and oxygen atoms in total. The Kier molecular flexibility index (Phi) is 36.0. The predicted molar refractivity (Wildman–Crippen MR) is 115 cm³/mol. The number of aliphatic hydroxyl groups is 4. The number of aliphatic hydroxyl groups excluding tert-OH is 4. The summed E-state index contributed by atoms with van der Waals surface area (Å²) < 4.78 is 0. The third-order valence-electron chi connectivity index (χ3n) is 2.73. The van der Waals surface area contributed by atoms with Crippen molar-refractivity contribution in [3.8, 4) is 0 Å². The minimum Gasteiger partial charge on any atom is -0.550 e. The number of thiol groups is 3. The van der Waals surface area contributed by atoms with Crippen LogP contribution in [0.25, 0.3) is 0 Å². The molecule has 0 aromatic rings. The molecule has 4 N–H and O–H groups in total. The summed E-state index contributed by atoms with van der Waals surface area (Å²) in [5.74, 6) is -3.12. The van der Waals surface area contributed by atoms with Gasteiger partial charge in [-0.1, -0.05) is 20.8 Å². The first kappa shape index (κ1) is 41.7. The van der Waals surface area contributed by atoms with Gasteiger partial charge in [0.05, 0.1) is 31.8 Å². The van der Waals surface area contributed by atoms with Crippen molar-refractivity contribution in [2.45, 2.75) is 55.8 Å². The van der Waals surface area contributed by atoms with E-state index in [1.807, 2.05) is 0 Å². The smallest absolute Gasteiger partial charge is 0.550 e. The van der Waals surface area contributed by atoms with Gasteiger partial charge in [-0.05, 0) is 19.3 Å². The summed E-state index contributed by atoms with van der Waals surface area (Å²) >= 11 is 11.4. The molecular weight excluding hydrogens is 599 g/mol. The first-order chi connectivity index (χ1) is 13.6. The summed E-state index contributed by atoms with van der Waals surface area (Å²) in [6.45, 7) is 3.50. The topological polar surface area (TPSA) is 201 Å². The van der Waals surface area contributed by atoms with Gasteiger partial charge >= 0.3 is 35.6 Å². The van der Waals surface area contributed by atoms with Crippen LogP contribution in [0.5, 0.6) is 0 Å². The molecule has 182 valence electrons. The van der Waals surface area contributed by atoms with Crippen molar-refractivity contribution in [2.24, 2.45) is 5.41 Å². The predicted octanol–water partition coefficient (Wildman–Crippen LogP) is -3.72. The van der Waals surface area contributed by atoms with Gasteiger partial charge in [-0.2, -0.15) is 37.9 Å². The van der Waals surface area contributed by atoms with Crippen molar-refractivity contribution in [1.82, 2.24) is 0 Å². The molecule has 0 spiro atoms. The molecule has 0 radical (unpaired) electrons. The maximum atomic E-state index is 9.65. The Balaban J connectivity index is -0.0000000965. The summed E-state index contributed by atoms with van der Waals surface area (Å²) in [5, 5.41) is 62.7. The Morgan fingerprint density at radius 1 is 0.645 bits per heavy atom. The molecule has 0 amide bonds. The number of carbonyl (C=O) groups is 3. The number of carboxylic acid groups (broad SMARTS) is 3. The first-order valence-electron chi connectivity index (χ1n) is 8.70. The third kappa shape index (κ3) is 41.3. The van der Waals surface area contributed by atoms with Crippen LogP contribution in [-0.2, 0) is 14.4 Å².